The highest BCUT2D eigenvalue weighted by Gasteiger charge is 2.25. The number of piperidine rings is 1. The quantitative estimate of drug-likeness (QED) is 0.643. The third kappa shape index (κ3) is 5.51. The number of hydrogen-bond donors (Lipinski definition) is 1. The van der Waals surface area contributed by atoms with Crippen LogP contribution < -0.4 is 19.7 Å². The van der Waals surface area contributed by atoms with Gasteiger partial charge in [0.25, 0.3) is 5.91 Å². The van der Waals surface area contributed by atoms with Crippen LogP contribution in [0.5, 0.6) is 11.5 Å². The van der Waals surface area contributed by atoms with Crippen LogP contribution in [0, 0.1) is 0 Å². The van der Waals surface area contributed by atoms with Gasteiger partial charge in [-0.05, 0) is 54.8 Å². The minimum absolute atomic E-state index is 0.0297. The van der Waals surface area contributed by atoms with E-state index in [9.17, 15) is 9.59 Å². The summed E-state index contributed by atoms with van der Waals surface area (Å²) >= 11 is 0. The molecule has 34 heavy (non-hydrogen) atoms. The van der Waals surface area contributed by atoms with E-state index in [0.717, 1.165) is 43.7 Å². The molecule has 8 nitrogen and oxygen atoms in total. The summed E-state index contributed by atoms with van der Waals surface area (Å²) in [4.78, 5) is 29.3. The third-order valence-corrected chi connectivity index (χ3v) is 6.50. The third-order valence-electron chi connectivity index (χ3n) is 6.50. The number of anilines is 1. The molecule has 1 N–H and O–H groups in total. The first-order valence-electron chi connectivity index (χ1n) is 11.8. The van der Waals surface area contributed by atoms with E-state index in [-0.39, 0.29) is 17.9 Å². The molecule has 0 spiro atoms. The highest BCUT2D eigenvalue weighted by atomic mass is 16.5. The Labute approximate surface area is 200 Å². The van der Waals surface area contributed by atoms with Gasteiger partial charge in [0.15, 0.2) is 11.5 Å². The van der Waals surface area contributed by atoms with Gasteiger partial charge >= 0.3 is 0 Å². The lowest BCUT2D eigenvalue weighted by atomic mass is 10.0. The molecule has 2 fully saturated rings. The number of methoxy groups -OCH3 is 2. The Balaban J connectivity index is 1.46. The largest absolute Gasteiger partial charge is 0.493 e. The first-order chi connectivity index (χ1) is 16.6. The molecule has 0 bridgehead atoms. The standard InChI is InChI=1S/C26H33N3O5/c1-32-23-11-8-20(17-24(23)33-2)22(28-13-15-34-16-14-28)18-27-26(31)19-6-9-21(10-7-19)29-12-4-3-5-25(29)30/h6-11,17,22H,3-5,12-16,18H2,1-2H3,(H,27,31). The Hall–Kier alpha value is -3.10. The van der Waals surface area contributed by atoms with Crippen molar-refractivity contribution in [3.05, 3.63) is 53.6 Å². The van der Waals surface area contributed by atoms with E-state index in [1.54, 1.807) is 31.3 Å². The van der Waals surface area contributed by atoms with Crippen LogP contribution in [-0.2, 0) is 9.53 Å². The van der Waals surface area contributed by atoms with Crippen molar-refractivity contribution < 1.29 is 23.8 Å². The average Bonchev–Trinajstić information content (AvgIpc) is 2.89. The van der Waals surface area contributed by atoms with Crippen molar-refractivity contribution in [2.45, 2.75) is 25.3 Å². The molecule has 0 aliphatic carbocycles. The minimum atomic E-state index is -0.143. The number of nitrogens with one attached hydrogen (secondary N) is 1. The van der Waals surface area contributed by atoms with E-state index in [1.165, 1.54) is 0 Å². The number of amides is 2. The number of morpholine rings is 1. The fourth-order valence-electron chi connectivity index (χ4n) is 4.57. The van der Waals surface area contributed by atoms with Gasteiger partial charge in [0.1, 0.15) is 0 Å². The van der Waals surface area contributed by atoms with Crippen molar-refractivity contribution in [2.75, 3.05) is 58.5 Å². The Morgan fingerprint density at radius 1 is 1.00 bits per heavy atom. The highest BCUT2D eigenvalue weighted by Crippen LogP contribution is 2.32. The molecule has 0 radical (unpaired) electrons. The Morgan fingerprint density at radius 2 is 1.74 bits per heavy atom. The van der Waals surface area contributed by atoms with Crippen LogP contribution in [-0.4, -0.2) is 70.3 Å². The maximum atomic E-state index is 13.0. The summed E-state index contributed by atoms with van der Waals surface area (Å²) in [6, 6.07) is 13.1. The predicted octanol–water partition coefficient (Wildman–Crippen LogP) is 3.02. The number of benzene rings is 2. The summed E-state index contributed by atoms with van der Waals surface area (Å²) < 4.78 is 16.4. The SMILES string of the molecule is COc1ccc(C(CNC(=O)c2ccc(N3CCCCC3=O)cc2)N2CCOCC2)cc1OC. The van der Waals surface area contributed by atoms with Crippen LogP contribution >= 0.6 is 0 Å². The summed E-state index contributed by atoms with van der Waals surface area (Å²) in [5, 5.41) is 3.09. The lowest BCUT2D eigenvalue weighted by Gasteiger charge is -2.35. The van der Waals surface area contributed by atoms with Crippen LogP contribution in [0.4, 0.5) is 5.69 Å². The molecule has 1 unspecified atom stereocenters. The Kier molecular flexibility index (Phi) is 8.03. The van der Waals surface area contributed by atoms with E-state index in [0.29, 0.717) is 43.2 Å². The second kappa shape index (κ2) is 11.4. The molecule has 182 valence electrons. The number of rotatable bonds is 8. The van der Waals surface area contributed by atoms with Crippen molar-refractivity contribution in [2.24, 2.45) is 0 Å². The molecule has 2 aromatic carbocycles. The zero-order valence-electron chi connectivity index (χ0n) is 19.9. The summed E-state index contributed by atoms with van der Waals surface area (Å²) in [6.45, 7) is 4.07. The molecule has 8 heteroatoms. The van der Waals surface area contributed by atoms with Crippen molar-refractivity contribution in [3.8, 4) is 11.5 Å². The van der Waals surface area contributed by atoms with Gasteiger partial charge in [0.2, 0.25) is 5.91 Å². The second-order valence-electron chi connectivity index (χ2n) is 8.54. The molecular formula is C26H33N3O5. The number of nitrogens with zero attached hydrogens (tertiary/aromatic N) is 2. The first-order valence-corrected chi connectivity index (χ1v) is 11.8. The fraction of sp³-hybridized carbons (Fsp3) is 0.462. The predicted molar refractivity (Wildman–Crippen MR) is 130 cm³/mol. The molecule has 1 atom stereocenters. The van der Waals surface area contributed by atoms with E-state index in [1.807, 2.05) is 30.3 Å². The summed E-state index contributed by atoms with van der Waals surface area (Å²) in [7, 11) is 3.23. The minimum Gasteiger partial charge on any atom is -0.493 e. The van der Waals surface area contributed by atoms with Gasteiger partial charge in [-0.3, -0.25) is 14.5 Å². The number of ether oxygens (including phenoxy) is 3. The van der Waals surface area contributed by atoms with Crippen LogP contribution in [0.15, 0.2) is 42.5 Å². The summed E-state index contributed by atoms with van der Waals surface area (Å²) in [5.41, 5.74) is 2.46. The lowest BCUT2D eigenvalue weighted by molar-refractivity contribution is -0.119. The second-order valence-corrected chi connectivity index (χ2v) is 8.54. The van der Waals surface area contributed by atoms with Crippen LogP contribution in [0.2, 0.25) is 0 Å². The summed E-state index contributed by atoms with van der Waals surface area (Å²) in [5.74, 6) is 1.33. The molecule has 4 rings (SSSR count). The van der Waals surface area contributed by atoms with Crippen molar-refractivity contribution in [1.82, 2.24) is 10.2 Å². The van der Waals surface area contributed by atoms with Gasteiger partial charge in [-0.1, -0.05) is 6.07 Å². The smallest absolute Gasteiger partial charge is 0.251 e. The maximum Gasteiger partial charge on any atom is 0.251 e. The molecule has 2 amide bonds. The van der Waals surface area contributed by atoms with Gasteiger partial charge in [-0.2, -0.15) is 0 Å². The normalized spacial score (nSPS) is 17.8. The molecule has 2 heterocycles. The number of carbonyl (C=O) groups excluding carboxylic acids is 2. The molecule has 0 aromatic heterocycles. The van der Waals surface area contributed by atoms with Crippen LogP contribution in [0.25, 0.3) is 0 Å². The van der Waals surface area contributed by atoms with E-state index < -0.39 is 0 Å². The van der Waals surface area contributed by atoms with E-state index >= 15 is 0 Å². The Bertz CT molecular complexity index is 988. The zero-order chi connectivity index (χ0) is 23.9. The monoisotopic (exact) mass is 467 g/mol. The van der Waals surface area contributed by atoms with Gasteiger partial charge in [-0.25, -0.2) is 0 Å². The maximum absolute atomic E-state index is 13.0. The average molecular weight is 468 g/mol. The van der Waals surface area contributed by atoms with Crippen molar-refractivity contribution >= 4 is 17.5 Å². The number of carbonyl (C=O) groups is 2. The molecule has 2 aromatic rings. The molecular weight excluding hydrogens is 434 g/mol. The Morgan fingerprint density at radius 3 is 2.41 bits per heavy atom. The topological polar surface area (TPSA) is 80.3 Å². The molecule has 2 aliphatic rings. The van der Waals surface area contributed by atoms with Crippen LogP contribution in [0.1, 0.15) is 41.2 Å². The summed E-state index contributed by atoms with van der Waals surface area (Å²) in [6.07, 6.45) is 2.54. The molecule has 2 saturated heterocycles. The molecule has 2 aliphatic heterocycles. The van der Waals surface area contributed by atoms with Gasteiger partial charge in [0.05, 0.1) is 33.5 Å². The van der Waals surface area contributed by atoms with E-state index in [2.05, 4.69) is 10.2 Å². The van der Waals surface area contributed by atoms with Gasteiger partial charge in [-0.15, -0.1) is 0 Å². The lowest BCUT2D eigenvalue weighted by Crippen LogP contribution is -2.43. The number of hydrogen-bond acceptors (Lipinski definition) is 6. The van der Waals surface area contributed by atoms with Gasteiger partial charge in [0, 0.05) is 43.9 Å². The molecule has 0 saturated carbocycles. The van der Waals surface area contributed by atoms with Crippen LogP contribution in [0.3, 0.4) is 0 Å². The first kappa shape index (κ1) is 24.0. The zero-order valence-corrected chi connectivity index (χ0v) is 19.9. The van der Waals surface area contributed by atoms with Crippen molar-refractivity contribution in [1.29, 1.82) is 0 Å². The van der Waals surface area contributed by atoms with Crippen molar-refractivity contribution in [3.63, 3.8) is 0 Å². The van der Waals surface area contributed by atoms with E-state index in [4.69, 9.17) is 14.2 Å². The highest BCUT2D eigenvalue weighted by molar-refractivity contribution is 5.97. The van der Waals surface area contributed by atoms with Gasteiger partial charge < -0.3 is 24.4 Å². The fourth-order valence-corrected chi connectivity index (χ4v) is 4.57.